The van der Waals surface area contributed by atoms with E-state index in [0.29, 0.717) is 6.54 Å². The van der Waals surface area contributed by atoms with Crippen molar-refractivity contribution in [1.82, 2.24) is 10.2 Å². The number of hydrogen-bond donors (Lipinski definition) is 2. The second kappa shape index (κ2) is 6.51. The van der Waals surface area contributed by atoms with Gasteiger partial charge in [-0.15, -0.1) is 5.10 Å². The van der Waals surface area contributed by atoms with E-state index in [1.807, 2.05) is 24.3 Å². The summed E-state index contributed by atoms with van der Waals surface area (Å²) in [6.07, 6.45) is 2.09. The van der Waals surface area contributed by atoms with E-state index in [1.54, 1.807) is 7.11 Å². The van der Waals surface area contributed by atoms with Gasteiger partial charge in [0.25, 0.3) is 0 Å². The minimum atomic E-state index is -1.02. The monoisotopic (exact) mass is 273 g/mol. The summed E-state index contributed by atoms with van der Waals surface area (Å²) < 4.78 is 5.15. The van der Waals surface area contributed by atoms with E-state index in [1.165, 1.54) is 12.3 Å². The van der Waals surface area contributed by atoms with E-state index in [4.69, 9.17) is 9.84 Å². The van der Waals surface area contributed by atoms with Gasteiger partial charge in [0.1, 0.15) is 11.3 Å². The summed E-state index contributed by atoms with van der Waals surface area (Å²) in [6, 6.07) is 9.14. The minimum absolute atomic E-state index is 0.116. The molecule has 0 saturated heterocycles. The molecular formula is C14H15N3O3. The average Bonchev–Trinajstić information content (AvgIpc) is 2.48. The molecule has 6 nitrogen and oxygen atoms in total. The van der Waals surface area contributed by atoms with E-state index in [-0.39, 0.29) is 11.4 Å². The van der Waals surface area contributed by atoms with Crippen LogP contribution in [0.1, 0.15) is 15.9 Å². The molecule has 0 aliphatic carbocycles. The van der Waals surface area contributed by atoms with Crippen molar-refractivity contribution < 1.29 is 14.6 Å². The van der Waals surface area contributed by atoms with Crippen molar-refractivity contribution in [2.75, 3.05) is 19.0 Å². The van der Waals surface area contributed by atoms with E-state index < -0.39 is 5.97 Å². The predicted octanol–water partition coefficient (Wildman–Crippen LogP) is 1.84. The summed E-state index contributed by atoms with van der Waals surface area (Å²) in [6.45, 7) is 0.562. The maximum absolute atomic E-state index is 11.0. The molecule has 0 atom stereocenters. The fourth-order valence-electron chi connectivity index (χ4n) is 1.79. The molecule has 0 amide bonds. The van der Waals surface area contributed by atoms with Gasteiger partial charge in [-0.25, -0.2) is 4.79 Å². The Kier molecular flexibility index (Phi) is 4.49. The van der Waals surface area contributed by atoms with E-state index in [2.05, 4.69) is 15.5 Å². The van der Waals surface area contributed by atoms with Crippen molar-refractivity contribution in [3.05, 3.63) is 47.7 Å². The molecule has 0 bridgehead atoms. The molecular weight excluding hydrogens is 258 g/mol. The zero-order chi connectivity index (χ0) is 14.4. The first kappa shape index (κ1) is 13.8. The van der Waals surface area contributed by atoms with Crippen LogP contribution in [0.25, 0.3) is 0 Å². The van der Waals surface area contributed by atoms with Crippen molar-refractivity contribution in [2.24, 2.45) is 0 Å². The van der Waals surface area contributed by atoms with Crippen LogP contribution >= 0.6 is 0 Å². The Balaban J connectivity index is 1.97. The quantitative estimate of drug-likeness (QED) is 0.835. The molecule has 0 aliphatic heterocycles. The molecule has 0 fully saturated rings. The lowest BCUT2D eigenvalue weighted by Crippen LogP contribution is -2.11. The predicted molar refractivity (Wildman–Crippen MR) is 74.2 cm³/mol. The Labute approximate surface area is 116 Å². The van der Waals surface area contributed by atoms with Gasteiger partial charge in [0.15, 0.2) is 5.82 Å². The third-order valence-corrected chi connectivity index (χ3v) is 2.79. The number of nitrogens with one attached hydrogen (secondary N) is 1. The second-order valence-electron chi connectivity index (χ2n) is 4.13. The summed E-state index contributed by atoms with van der Waals surface area (Å²) in [5, 5.41) is 19.5. The van der Waals surface area contributed by atoms with Crippen molar-refractivity contribution in [3.8, 4) is 5.75 Å². The van der Waals surface area contributed by atoms with Gasteiger partial charge in [-0.05, 0) is 30.2 Å². The first-order chi connectivity index (χ1) is 9.70. The smallest absolute Gasteiger partial charge is 0.339 e. The van der Waals surface area contributed by atoms with Gasteiger partial charge in [0.2, 0.25) is 0 Å². The summed E-state index contributed by atoms with van der Waals surface area (Å²) >= 11 is 0. The highest BCUT2D eigenvalue weighted by Gasteiger charge is 2.10. The first-order valence-electron chi connectivity index (χ1n) is 6.12. The van der Waals surface area contributed by atoms with Crippen LogP contribution in [0.2, 0.25) is 0 Å². The number of carboxylic acid groups (broad SMARTS) is 1. The van der Waals surface area contributed by atoms with E-state index in [0.717, 1.165) is 17.7 Å². The Morgan fingerprint density at radius 3 is 3.00 bits per heavy atom. The third kappa shape index (κ3) is 3.44. The number of nitrogens with zero attached hydrogens (tertiary/aromatic N) is 2. The third-order valence-electron chi connectivity index (χ3n) is 2.79. The fourth-order valence-corrected chi connectivity index (χ4v) is 1.79. The number of ether oxygens (including phenoxy) is 1. The highest BCUT2D eigenvalue weighted by molar-refractivity contribution is 5.92. The number of aromatic nitrogens is 2. The Bertz CT molecular complexity index is 602. The fraction of sp³-hybridized carbons (Fsp3) is 0.214. The van der Waals surface area contributed by atoms with Crippen LogP contribution in [0.5, 0.6) is 5.75 Å². The molecule has 0 radical (unpaired) electrons. The van der Waals surface area contributed by atoms with Gasteiger partial charge in [-0.2, -0.15) is 5.10 Å². The molecule has 1 aromatic carbocycles. The molecule has 2 N–H and O–H groups in total. The molecule has 0 saturated carbocycles. The summed E-state index contributed by atoms with van der Waals surface area (Å²) in [7, 11) is 1.62. The maximum Gasteiger partial charge on any atom is 0.339 e. The number of rotatable bonds is 6. The van der Waals surface area contributed by atoms with Gasteiger partial charge in [-0.1, -0.05) is 12.1 Å². The lowest BCUT2D eigenvalue weighted by molar-refractivity contribution is 0.0697. The number of anilines is 1. The Morgan fingerprint density at radius 2 is 2.25 bits per heavy atom. The number of aromatic carboxylic acids is 1. The summed E-state index contributed by atoms with van der Waals surface area (Å²) in [5.74, 6) is 0.0555. The number of benzene rings is 1. The Hall–Kier alpha value is -2.63. The Morgan fingerprint density at radius 1 is 1.40 bits per heavy atom. The molecule has 20 heavy (non-hydrogen) atoms. The minimum Gasteiger partial charge on any atom is -0.497 e. The SMILES string of the molecule is COc1cccc(CCNc2nnccc2C(=O)O)c1. The van der Waals surface area contributed by atoms with Gasteiger partial charge in [-0.3, -0.25) is 0 Å². The van der Waals surface area contributed by atoms with E-state index >= 15 is 0 Å². The van der Waals surface area contributed by atoms with Crippen LogP contribution in [-0.2, 0) is 6.42 Å². The van der Waals surface area contributed by atoms with Crippen molar-refractivity contribution in [1.29, 1.82) is 0 Å². The number of carboxylic acids is 1. The maximum atomic E-state index is 11.0. The molecule has 2 rings (SSSR count). The van der Waals surface area contributed by atoms with Crippen LogP contribution in [0.4, 0.5) is 5.82 Å². The molecule has 6 heteroatoms. The average molecular weight is 273 g/mol. The first-order valence-corrected chi connectivity index (χ1v) is 6.12. The number of hydrogen-bond acceptors (Lipinski definition) is 5. The van der Waals surface area contributed by atoms with Crippen LogP contribution in [-0.4, -0.2) is 34.9 Å². The van der Waals surface area contributed by atoms with Crippen LogP contribution in [0.3, 0.4) is 0 Å². The highest BCUT2D eigenvalue weighted by atomic mass is 16.5. The molecule has 104 valence electrons. The lowest BCUT2D eigenvalue weighted by Gasteiger charge is -2.08. The van der Waals surface area contributed by atoms with Crippen molar-refractivity contribution in [3.63, 3.8) is 0 Å². The van der Waals surface area contributed by atoms with Crippen molar-refractivity contribution in [2.45, 2.75) is 6.42 Å². The zero-order valence-corrected chi connectivity index (χ0v) is 11.0. The zero-order valence-electron chi connectivity index (χ0n) is 11.0. The molecule has 0 spiro atoms. The molecule has 1 heterocycles. The lowest BCUT2D eigenvalue weighted by atomic mass is 10.1. The number of methoxy groups -OCH3 is 1. The highest BCUT2D eigenvalue weighted by Crippen LogP contribution is 2.14. The van der Waals surface area contributed by atoms with Gasteiger partial charge in [0.05, 0.1) is 13.3 Å². The summed E-state index contributed by atoms with van der Waals surface area (Å²) in [4.78, 5) is 11.0. The summed E-state index contributed by atoms with van der Waals surface area (Å²) in [5.41, 5.74) is 1.21. The topological polar surface area (TPSA) is 84.3 Å². The standard InChI is InChI=1S/C14H15N3O3/c1-20-11-4-2-3-10(9-11)5-7-15-13-12(14(18)19)6-8-16-17-13/h2-4,6,8-9H,5,7H2,1H3,(H,15,17)(H,18,19). The van der Waals surface area contributed by atoms with E-state index in [9.17, 15) is 4.79 Å². The molecule has 0 unspecified atom stereocenters. The second-order valence-corrected chi connectivity index (χ2v) is 4.13. The van der Waals surface area contributed by atoms with Crippen LogP contribution in [0.15, 0.2) is 36.5 Å². The van der Waals surface area contributed by atoms with Gasteiger partial charge in [0, 0.05) is 6.54 Å². The van der Waals surface area contributed by atoms with Crippen LogP contribution in [0, 0.1) is 0 Å². The molecule has 1 aromatic heterocycles. The van der Waals surface area contributed by atoms with Crippen LogP contribution < -0.4 is 10.1 Å². The van der Waals surface area contributed by atoms with Crippen molar-refractivity contribution >= 4 is 11.8 Å². The largest absolute Gasteiger partial charge is 0.497 e. The van der Waals surface area contributed by atoms with Gasteiger partial charge < -0.3 is 15.2 Å². The van der Waals surface area contributed by atoms with Gasteiger partial charge >= 0.3 is 5.97 Å². The molecule has 0 aliphatic rings. The normalized spacial score (nSPS) is 10.1. The number of carbonyl (C=O) groups is 1. The molecule has 2 aromatic rings.